The van der Waals surface area contributed by atoms with E-state index in [4.69, 9.17) is 18.0 Å². The minimum Gasteiger partial charge on any atom is -0.389 e. The van der Waals surface area contributed by atoms with Gasteiger partial charge in [0.2, 0.25) is 0 Å². The molecule has 21 heavy (non-hydrogen) atoms. The molecular formula is C15H16N2O2S2. The summed E-state index contributed by atoms with van der Waals surface area (Å²) in [6, 6.07) is 11.9. The molecule has 2 aromatic carbocycles. The smallest absolute Gasteiger partial charge is 0.261 e. The molecule has 0 aliphatic rings. The number of sulfonamides is 1. The topological polar surface area (TPSA) is 72.2 Å². The van der Waals surface area contributed by atoms with Crippen LogP contribution in [0.1, 0.15) is 16.7 Å². The molecule has 0 fully saturated rings. The third-order valence-corrected chi connectivity index (χ3v) is 4.67. The predicted octanol–water partition coefficient (Wildman–Crippen LogP) is 2.74. The molecule has 0 spiro atoms. The standard InChI is InChI=1S/C15H16N2O2S2/c1-10-4-3-5-13(8-10)21(18,19)17-14-9-12(15(16)20)7-6-11(14)2/h3-9,17H,1-2H3,(H2,16,20). The van der Waals surface area contributed by atoms with Gasteiger partial charge in [-0.3, -0.25) is 4.72 Å². The van der Waals surface area contributed by atoms with Crippen LogP contribution < -0.4 is 10.5 Å². The number of hydrogen-bond acceptors (Lipinski definition) is 3. The van der Waals surface area contributed by atoms with E-state index in [-0.39, 0.29) is 9.88 Å². The zero-order chi connectivity index (χ0) is 15.6. The molecule has 0 radical (unpaired) electrons. The Labute approximate surface area is 130 Å². The van der Waals surface area contributed by atoms with E-state index >= 15 is 0 Å². The summed E-state index contributed by atoms with van der Waals surface area (Å²) in [6.45, 7) is 3.66. The Morgan fingerprint density at radius 3 is 2.48 bits per heavy atom. The summed E-state index contributed by atoms with van der Waals surface area (Å²) < 4.78 is 27.4. The molecule has 0 unspecified atom stereocenters. The second-order valence-electron chi connectivity index (χ2n) is 4.82. The number of nitrogens with two attached hydrogens (primary N) is 1. The maximum absolute atomic E-state index is 12.4. The summed E-state index contributed by atoms with van der Waals surface area (Å²) in [4.78, 5) is 0.452. The molecule has 0 saturated heterocycles. The molecule has 0 amide bonds. The molecule has 0 bridgehead atoms. The molecule has 6 heteroatoms. The number of thiocarbonyl (C=S) groups is 1. The monoisotopic (exact) mass is 320 g/mol. The maximum Gasteiger partial charge on any atom is 0.261 e. The van der Waals surface area contributed by atoms with Crippen LogP contribution in [0.5, 0.6) is 0 Å². The van der Waals surface area contributed by atoms with Crippen LogP contribution in [-0.4, -0.2) is 13.4 Å². The molecule has 0 saturated carbocycles. The van der Waals surface area contributed by atoms with Crippen LogP contribution in [-0.2, 0) is 10.0 Å². The highest BCUT2D eigenvalue weighted by atomic mass is 32.2. The van der Waals surface area contributed by atoms with E-state index in [1.807, 2.05) is 19.9 Å². The summed E-state index contributed by atoms with van der Waals surface area (Å²) in [5, 5.41) is 0. The highest BCUT2D eigenvalue weighted by Crippen LogP contribution is 2.21. The lowest BCUT2D eigenvalue weighted by atomic mass is 10.1. The lowest BCUT2D eigenvalue weighted by Crippen LogP contribution is -2.15. The van der Waals surface area contributed by atoms with Crippen molar-refractivity contribution >= 4 is 32.9 Å². The quantitative estimate of drug-likeness (QED) is 0.850. The zero-order valence-electron chi connectivity index (χ0n) is 11.8. The van der Waals surface area contributed by atoms with Gasteiger partial charge in [-0.05, 0) is 43.2 Å². The Kier molecular flexibility index (Phi) is 4.29. The first-order valence-corrected chi connectivity index (χ1v) is 8.19. The van der Waals surface area contributed by atoms with Crippen LogP contribution in [0.2, 0.25) is 0 Å². The van der Waals surface area contributed by atoms with Crippen LogP contribution in [0.3, 0.4) is 0 Å². The second-order valence-corrected chi connectivity index (χ2v) is 6.94. The number of aryl methyl sites for hydroxylation is 2. The molecule has 110 valence electrons. The molecular weight excluding hydrogens is 304 g/mol. The van der Waals surface area contributed by atoms with Crippen LogP contribution in [0.15, 0.2) is 47.4 Å². The molecule has 3 N–H and O–H groups in total. The number of rotatable bonds is 4. The van der Waals surface area contributed by atoms with Crippen molar-refractivity contribution in [2.75, 3.05) is 4.72 Å². The molecule has 0 aliphatic heterocycles. The van der Waals surface area contributed by atoms with E-state index in [0.29, 0.717) is 11.3 Å². The molecule has 0 aliphatic carbocycles. The molecule has 0 atom stereocenters. The van der Waals surface area contributed by atoms with E-state index in [0.717, 1.165) is 11.1 Å². The summed E-state index contributed by atoms with van der Waals surface area (Å²) in [6.07, 6.45) is 0. The fourth-order valence-corrected chi connectivity index (χ4v) is 3.22. The average molecular weight is 320 g/mol. The van der Waals surface area contributed by atoms with E-state index < -0.39 is 10.0 Å². The molecule has 4 nitrogen and oxygen atoms in total. The van der Waals surface area contributed by atoms with Gasteiger partial charge in [-0.2, -0.15) is 0 Å². The van der Waals surface area contributed by atoms with E-state index in [1.54, 1.807) is 36.4 Å². The minimum atomic E-state index is -3.63. The van der Waals surface area contributed by atoms with Crippen molar-refractivity contribution in [3.8, 4) is 0 Å². The van der Waals surface area contributed by atoms with Crippen LogP contribution in [0.25, 0.3) is 0 Å². The Morgan fingerprint density at radius 1 is 1.14 bits per heavy atom. The Morgan fingerprint density at radius 2 is 1.86 bits per heavy atom. The zero-order valence-corrected chi connectivity index (χ0v) is 13.4. The largest absolute Gasteiger partial charge is 0.389 e. The molecule has 2 rings (SSSR count). The van der Waals surface area contributed by atoms with Gasteiger partial charge in [-0.1, -0.05) is 36.5 Å². The summed E-state index contributed by atoms with van der Waals surface area (Å²) in [5.74, 6) is 0. The van der Waals surface area contributed by atoms with Crippen LogP contribution in [0.4, 0.5) is 5.69 Å². The lowest BCUT2D eigenvalue weighted by molar-refractivity contribution is 0.601. The third kappa shape index (κ3) is 3.59. The first kappa shape index (κ1) is 15.5. The van der Waals surface area contributed by atoms with E-state index in [2.05, 4.69) is 4.72 Å². The van der Waals surface area contributed by atoms with Crippen LogP contribution >= 0.6 is 12.2 Å². The Bertz CT molecular complexity index is 799. The van der Waals surface area contributed by atoms with Crippen molar-refractivity contribution < 1.29 is 8.42 Å². The molecule has 0 aromatic heterocycles. The van der Waals surface area contributed by atoms with Gasteiger partial charge in [0.1, 0.15) is 4.99 Å². The predicted molar refractivity (Wildman–Crippen MR) is 89.1 cm³/mol. The number of benzene rings is 2. The lowest BCUT2D eigenvalue weighted by Gasteiger charge is -2.12. The molecule has 2 aromatic rings. The van der Waals surface area contributed by atoms with Crippen molar-refractivity contribution in [2.24, 2.45) is 5.73 Å². The van der Waals surface area contributed by atoms with Gasteiger partial charge >= 0.3 is 0 Å². The fraction of sp³-hybridized carbons (Fsp3) is 0.133. The van der Waals surface area contributed by atoms with Gasteiger partial charge in [-0.15, -0.1) is 0 Å². The first-order chi connectivity index (χ1) is 9.79. The van der Waals surface area contributed by atoms with Crippen LogP contribution in [0, 0.1) is 13.8 Å². The number of anilines is 1. The normalized spacial score (nSPS) is 11.1. The van der Waals surface area contributed by atoms with Gasteiger partial charge < -0.3 is 5.73 Å². The third-order valence-electron chi connectivity index (χ3n) is 3.07. The molecule has 0 heterocycles. The van der Waals surface area contributed by atoms with Gasteiger partial charge in [0.25, 0.3) is 10.0 Å². The summed E-state index contributed by atoms with van der Waals surface area (Å²) in [5.41, 5.74) is 8.36. The minimum absolute atomic E-state index is 0.225. The summed E-state index contributed by atoms with van der Waals surface area (Å²) in [7, 11) is -3.63. The average Bonchev–Trinajstić information content (AvgIpc) is 2.41. The maximum atomic E-state index is 12.4. The number of hydrogen-bond donors (Lipinski definition) is 2. The van der Waals surface area contributed by atoms with Crippen molar-refractivity contribution in [1.29, 1.82) is 0 Å². The van der Waals surface area contributed by atoms with Crippen molar-refractivity contribution in [3.05, 3.63) is 59.2 Å². The van der Waals surface area contributed by atoms with Crippen molar-refractivity contribution in [2.45, 2.75) is 18.7 Å². The van der Waals surface area contributed by atoms with Gasteiger partial charge in [0, 0.05) is 5.56 Å². The first-order valence-electron chi connectivity index (χ1n) is 6.29. The summed E-state index contributed by atoms with van der Waals surface area (Å²) >= 11 is 4.92. The van der Waals surface area contributed by atoms with E-state index in [9.17, 15) is 8.42 Å². The van der Waals surface area contributed by atoms with Gasteiger partial charge in [-0.25, -0.2) is 8.42 Å². The van der Waals surface area contributed by atoms with Crippen molar-refractivity contribution in [3.63, 3.8) is 0 Å². The van der Waals surface area contributed by atoms with Gasteiger partial charge in [0.05, 0.1) is 10.6 Å². The van der Waals surface area contributed by atoms with Crippen molar-refractivity contribution in [1.82, 2.24) is 0 Å². The second kappa shape index (κ2) is 5.83. The highest BCUT2D eigenvalue weighted by Gasteiger charge is 2.15. The van der Waals surface area contributed by atoms with Gasteiger partial charge in [0.15, 0.2) is 0 Å². The number of nitrogens with one attached hydrogen (secondary N) is 1. The Hall–Kier alpha value is -1.92. The Balaban J connectivity index is 2.41. The van der Waals surface area contributed by atoms with E-state index in [1.165, 1.54) is 0 Å². The fourth-order valence-electron chi connectivity index (χ4n) is 1.87. The highest BCUT2D eigenvalue weighted by molar-refractivity contribution is 7.92. The SMILES string of the molecule is Cc1cccc(S(=O)(=O)Nc2cc(C(N)=S)ccc2C)c1.